The van der Waals surface area contributed by atoms with Crippen LogP contribution >= 0.6 is 11.6 Å². The molecule has 1 heterocycles. The van der Waals surface area contributed by atoms with E-state index in [9.17, 15) is 13.2 Å². The van der Waals surface area contributed by atoms with Crippen molar-refractivity contribution < 1.29 is 13.2 Å². The maximum absolute atomic E-state index is 12.5. The fourth-order valence-electron chi connectivity index (χ4n) is 4.09. The largest absolute Gasteiger partial charge is 0.367 e. The second-order valence-electron chi connectivity index (χ2n) is 8.38. The molecule has 3 aromatic rings. The molecule has 1 aliphatic rings. The minimum Gasteiger partial charge on any atom is -0.367 e. The predicted octanol–water partition coefficient (Wildman–Crippen LogP) is 5.19. The molecular formula is C26H27ClN2O3S. The molecule has 4 rings (SSSR count). The lowest BCUT2D eigenvalue weighted by Gasteiger charge is -2.20. The average Bonchev–Trinajstić information content (AvgIpc) is 3.17. The van der Waals surface area contributed by atoms with Crippen molar-refractivity contribution in [1.29, 1.82) is 0 Å². The molecule has 1 amide bonds. The predicted molar refractivity (Wildman–Crippen MR) is 134 cm³/mol. The van der Waals surface area contributed by atoms with Gasteiger partial charge in [0.25, 0.3) is 0 Å². The van der Waals surface area contributed by atoms with Crippen LogP contribution in [0.25, 0.3) is 0 Å². The molecule has 0 unspecified atom stereocenters. The molecule has 0 saturated carbocycles. The average molecular weight is 483 g/mol. The summed E-state index contributed by atoms with van der Waals surface area (Å²) in [4.78, 5) is 15.1. The Morgan fingerprint density at radius 2 is 1.82 bits per heavy atom. The maximum atomic E-state index is 12.5. The number of aryl methyl sites for hydroxylation is 1. The third-order valence-corrected chi connectivity index (χ3v) is 8.05. The van der Waals surface area contributed by atoms with Gasteiger partial charge in [-0.25, -0.2) is 8.42 Å². The Labute approximate surface area is 200 Å². The number of carbonyl (C=O) groups is 1. The van der Waals surface area contributed by atoms with E-state index >= 15 is 0 Å². The number of amides is 1. The molecule has 1 aliphatic heterocycles. The van der Waals surface area contributed by atoms with Gasteiger partial charge >= 0.3 is 0 Å². The first-order valence-electron chi connectivity index (χ1n) is 11.0. The van der Waals surface area contributed by atoms with E-state index in [0.717, 1.165) is 30.6 Å². The summed E-state index contributed by atoms with van der Waals surface area (Å²) in [6.45, 7) is 5.40. The molecule has 0 radical (unpaired) electrons. The van der Waals surface area contributed by atoms with Crippen molar-refractivity contribution in [2.75, 3.05) is 22.5 Å². The van der Waals surface area contributed by atoms with E-state index in [1.165, 1.54) is 16.8 Å². The monoisotopic (exact) mass is 482 g/mol. The Hall–Kier alpha value is -2.83. The lowest BCUT2D eigenvalue weighted by molar-refractivity contribution is -0.115. The van der Waals surface area contributed by atoms with E-state index in [-0.39, 0.29) is 23.0 Å². The summed E-state index contributed by atoms with van der Waals surface area (Å²) in [6, 6.07) is 18.6. The number of hydrogen-bond acceptors (Lipinski definition) is 4. The highest BCUT2D eigenvalue weighted by Gasteiger charge is 2.20. The van der Waals surface area contributed by atoms with Crippen LogP contribution in [0.15, 0.2) is 65.6 Å². The third-order valence-electron chi connectivity index (χ3n) is 5.95. The van der Waals surface area contributed by atoms with Gasteiger partial charge in [0.15, 0.2) is 9.84 Å². The zero-order valence-corrected chi connectivity index (χ0v) is 20.3. The smallest absolute Gasteiger partial charge is 0.228 e. The van der Waals surface area contributed by atoms with Gasteiger partial charge in [-0.05, 0) is 60.4 Å². The quantitative estimate of drug-likeness (QED) is 0.503. The molecule has 0 fully saturated rings. The Kier molecular flexibility index (Phi) is 6.77. The molecule has 3 aromatic carbocycles. The van der Waals surface area contributed by atoms with Gasteiger partial charge in [0.2, 0.25) is 5.91 Å². The lowest BCUT2D eigenvalue weighted by Crippen LogP contribution is -2.20. The number of fused-ring (bicyclic) bond motifs is 1. The summed E-state index contributed by atoms with van der Waals surface area (Å²) in [5.41, 5.74) is 6.29. The number of carbonyl (C=O) groups excluding carboxylic acids is 1. The SMILES string of the molecule is CCS(=O)(=O)c1ccc(CC(=O)Nc2ccc(CN3CCc4cc(C)ccc43)c(Cl)c2)cc1. The summed E-state index contributed by atoms with van der Waals surface area (Å²) < 4.78 is 23.8. The standard InChI is InChI=1S/C26H27ClN2O3S/c1-3-33(31,32)23-9-5-19(6-10-23)15-26(30)28-22-8-7-21(24(27)16-22)17-29-13-12-20-14-18(2)4-11-25(20)29/h4-11,14,16H,3,12-13,15,17H2,1-2H3,(H,28,30). The first kappa shape index (κ1) is 23.3. The van der Waals surface area contributed by atoms with Crippen LogP contribution < -0.4 is 10.2 Å². The molecule has 0 bridgehead atoms. The lowest BCUT2D eigenvalue weighted by atomic mass is 10.1. The fraction of sp³-hybridized carbons (Fsp3) is 0.269. The number of sulfone groups is 1. The van der Waals surface area contributed by atoms with Crippen molar-refractivity contribution in [2.24, 2.45) is 0 Å². The summed E-state index contributed by atoms with van der Waals surface area (Å²) in [5.74, 6) is -0.137. The highest BCUT2D eigenvalue weighted by atomic mass is 35.5. The molecule has 0 aliphatic carbocycles. The number of hydrogen-bond donors (Lipinski definition) is 1. The topological polar surface area (TPSA) is 66.5 Å². The number of anilines is 2. The van der Waals surface area contributed by atoms with Crippen molar-refractivity contribution in [2.45, 2.75) is 38.1 Å². The van der Waals surface area contributed by atoms with E-state index in [1.54, 1.807) is 37.3 Å². The first-order valence-corrected chi connectivity index (χ1v) is 13.0. The van der Waals surface area contributed by atoms with Gasteiger partial charge in [0.05, 0.1) is 17.1 Å². The van der Waals surface area contributed by atoms with E-state index < -0.39 is 9.84 Å². The highest BCUT2D eigenvalue weighted by molar-refractivity contribution is 7.91. The second-order valence-corrected chi connectivity index (χ2v) is 11.1. The molecule has 0 atom stereocenters. The fourth-order valence-corrected chi connectivity index (χ4v) is 5.22. The zero-order chi connectivity index (χ0) is 23.6. The van der Waals surface area contributed by atoms with Gasteiger partial charge in [0, 0.05) is 29.5 Å². The van der Waals surface area contributed by atoms with Crippen LogP contribution in [0.5, 0.6) is 0 Å². The molecule has 1 N–H and O–H groups in total. The number of nitrogens with one attached hydrogen (secondary N) is 1. The Morgan fingerprint density at radius 1 is 1.06 bits per heavy atom. The van der Waals surface area contributed by atoms with Gasteiger partial charge in [0.1, 0.15) is 0 Å². The van der Waals surface area contributed by atoms with Gasteiger partial charge in [-0.3, -0.25) is 4.79 Å². The summed E-state index contributed by atoms with van der Waals surface area (Å²) in [6.07, 6.45) is 1.18. The number of rotatable bonds is 7. The minimum absolute atomic E-state index is 0.0491. The normalized spacial score (nSPS) is 13.1. The van der Waals surface area contributed by atoms with Gasteiger partial charge in [-0.15, -0.1) is 0 Å². The molecule has 33 heavy (non-hydrogen) atoms. The van der Waals surface area contributed by atoms with Crippen LogP contribution in [-0.2, 0) is 34.0 Å². The van der Waals surface area contributed by atoms with Crippen LogP contribution in [0.4, 0.5) is 11.4 Å². The molecule has 0 saturated heterocycles. The third kappa shape index (κ3) is 5.40. The van der Waals surface area contributed by atoms with Crippen molar-refractivity contribution in [1.82, 2.24) is 0 Å². The van der Waals surface area contributed by atoms with Crippen LogP contribution in [0.2, 0.25) is 5.02 Å². The van der Waals surface area contributed by atoms with Crippen molar-refractivity contribution in [3.05, 3.63) is 87.9 Å². The van der Waals surface area contributed by atoms with Gasteiger partial charge in [-0.2, -0.15) is 0 Å². The molecular weight excluding hydrogens is 456 g/mol. The van der Waals surface area contributed by atoms with Crippen molar-refractivity contribution >= 4 is 38.7 Å². The zero-order valence-electron chi connectivity index (χ0n) is 18.8. The first-order chi connectivity index (χ1) is 15.7. The Bertz CT molecular complexity index is 1290. The number of halogens is 1. The van der Waals surface area contributed by atoms with Crippen molar-refractivity contribution in [3.8, 4) is 0 Å². The van der Waals surface area contributed by atoms with Crippen molar-refractivity contribution in [3.63, 3.8) is 0 Å². The van der Waals surface area contributed by atoms with E-state index in [2.05, 4.69) is 35.3 Å². The van der Waals surface area contributed by atoms with Crippen LogP contribution in [0.3, 0.4) is 0 Å². The summed E-state index contributed by atoms with van der Waals surface area (Å²) >= 11 is 6.54. The summed E-state index contributed by atoms with van der Waals surface area (Å²) in [5, 5.41) is 3.49. The van der Waals surface area contributed by atoms with E-state index in [4.69, 9.17) is 11.6 Å². The molecule has 5 nitrogen and oxygen atoms in total. The molecule has 7 heteroatoms. The highest BCUT2D eigenvalue weighted by Crippen LogP contribution is 2.32. The van der Waals surface area contributed by atoms with E-state index in [1.807, 2.05) is 12.1 Å². The summed E-state index contributed by atoms with van der Waals surface area (Å²) in [7, 11) is -3.25. The Balaban J connectivity index is 1.38. The molecule has 0 spiro atoms. The van der Waals surface area contributed by atoms with Crippen LogP contribution in [0.1, 0.15) is 29.2 Å². The van der Waals surface area contributed by atoms with Gasteiger partial charge < -0.3 is 10.2 Å². The van der Waals surface area contributed by atoms with Crippen LogP contribution in [0, 0.1) is 6.92 Å². The number of nitrogens with zero attached hydrogens (tertiary/aromatic N) is 1. The number of benzene rings is 3. The molecule has 0 aromatic heterocycles. The minimum atomic E-state index is -3.25. The Morgan fingerprint density at radius 3 is 2.52 bits per heavy atom. The van der Waals surface area contributed by atoms with Crippen LogP contribution in [-0.4, -0.2) is 26.6 Å². The van der Waals surface area contributed by atoms with Gasteiger partial charge in [-0.1, -0.05) is 54.4 Å². The van der Waals surface area contributed by atoms with E-state index in [0.29, 0.717) is 10.7 Å². The molecule has 172 valence electrons. The maximum Gasteiger partial charge on any atom is 0.228 e. The second kappa shape index (κ2) is 9.57.